The van der Waals surface area contributed by atoms with Gasteiger partial charge >= 0.3 is 0 Å². The SMILES string of the molecule is CC(=O)c1c(C)oc(C)c1-c1ccc(C)cc1. The summed E-state index contributed by atoms with van der Waals surface area (Å²) in [5.74, 6) is 1.55. The molecule has 0 bridgehead atoms. The first-order valence-corrected chi connectivity index (χ1v) is 5.68. The molecule has 2 aromatic rings. The van der Waals surface area contributed by atoms with Crippen LogP contribution in [0.15, 0.2) is 28.7 Å². The topological polar surface area (TPSA) is 30.2 Å². The fraction of sp³-hybridized carbons (Fsp3) is 0.267. The Kier molecular flexibility index (Phi) is 2.88. The van der Waals surface area contributed by atoms with Crippen LogP contribution in [0.2, 0.25) is 0 Å². The minimum Gasteiger partial charge on any atom is -0.465 e. The minimum absolute atomic E-state index is 0.0509. The Labute approximate surface area is 101 Å². The number of hydrogen-bond donors (Lipinski definition) is 0. The highest BCUT2D eigenvalue weighted by atomic mass is 16.3. The van der Waals surface area contributed by atoms with Crippen molar-refractivity contribution < 1.29 is 9.21 Å². The van der Waals surface area contributed by atoms with Crippen LogP contribution in [0.5, 0.6) is 0 Å². The average molecular weight is 228 g/mol. The lowest BCUT2D eigenvalue weighted by atomic mass is 9.97. The van der Waals surface area contributed by atoms with E-state index in [1.54, 1.807) is 6.92 Å². The molecule has 0 atom stereocenters. The molecular formula is C15H16O2. The van der Waals surface area contributed by atoms with E-state index in [0.717, 1.165) is 16.9 Å². The van der Waals surface area contributed by atoms with Crippen molar-refractivity contribution in [3.8, 4) is 11.1 Å². The van der Waals surface area contributed by atoms with Gasteiger partial charge in [-0.25, -0.2) is 0 Å². The second kappa shape index (κ2) is 4.21. The summed E-state index contributed by atoms with van der Waals surface area (Å²) in [4.78, 5) is 11.7. The van der Waals surface area contributed by atoms with E-state index < -0.39 is 0 Å². The molecule has 0 radical (unpaired) electrons. The van der Waals surface area contributed by atoms with E-state index in [2.05, 4.69) is 0 Å². The van der Waals surface area contributed by atoms with Gasteiger partial charge < -0.3 is 4.42 Å². The summed E-state index contributed by atoms with van der Waals surface area (Å²) in [7, 11) is 0. The van der Waals surface area contributed by atoms with E-state index >= 15 is 0 Å². The van der Waals surface area contributed by atoms with Crippen LogP contribution in [0.3, 0.4) is 0 Å². The van der Waals surface area contributed by atoms with Crippen LogP contribution in [0.4, 0.5) is 0 Å². The number of hydrogen-bond acceptors (Lipinski definition) is 2. The molecule has 0 aliphatic rings. The molecule has 0 fully saturated rings. The van der Waals surface area contributed by atoms with Crippen molar-refractivity contribution in [2.24, 2.45) is 0 Å². The van der Waals surface area contributed by atoms with E-state index in [1.807, 2.05) is 45.0 Å². The third-order valence-electron chi connectivity index (χ3n) is 2.95. The second-order valence-corrected chi connectivity index (χ2v) is 4.39. The van der Waals surface area contributed by atoms with E-state index in [9.17, 15) is 4.79 Å². The van der Waals surface area contributed by atoms with Gasteiger partial charge in [0.05, 0.1) is 5.56 Å². The monoisotopic (exact) mass is 228 g/mol. The predicted molar refractivity (Wildman–Crippen MR) is 68.4 cm³/mol. The summed E-state index contributed by atoms with van der Waals surface area (Å²) in [6.07, 6.45) is 0. The van der Waals surface area contributed by atoms with Crippen molar-refractivity contribution in [2.75, 3.05) is 0 Å². The third-order valence-corrected chi connectivity index (χ3v) is 2.95. The average Bonchev–Trinajstić information content (AvgIpc) is 2.55. The van der Waals surface area contributed by atoms with Gasteiger partial charge in [0.15, 0.2) is 5.78 Å². The highest BCUT2D eigenvalue weighted by molar-refractivity contribution is 6.02. The molecule has 1 heterocycles. The molecule has 17 heavy (non-hydrogen) atoms. The molecule has 2 heteroatoms. The van der Waals surface area contributed by atoms with Gasteiger partial charge in [-0.2, -0.15) is 0 Å². The molecule has 0 spiro atoms. The third kappa shape index (κ3) is 2.03. The Balaban J connectivity index is 2.66. The minimum atomic E-state index is 0.0509. The number of ketones is 1. The maximum absolute atomic E-state index is 11.7. The van der Waals surface area contributed by atoms with Crippen molar-refractivity contribution in [3.05, 3.63) is 46.9 Å². The molecular weight excluding hydrogens is 212 g/mol. The van der Waals surface area contributed by atoms with Crippen molar-refractivity contribution in [2.45, 2.75) is 27.7 Å². The van der Waals surface area contributed by atoms with E-state index in [1.165, 1.54) is 5.56 Å². The summed E-state index contributed by atoms with van der Waals surface area (Å²) >= 11 is 0. The van der Waals surface area contributed by atoms with Crippen LogP contribution in [0.1, 0.15) is 34.4 Å². The van der Waals surface area contributed by atoms with Crippen LogP contribution < -0.4 is 0 Å². The van der Waals surface area contributed by atoms with Gasteiger partial charge in [0.1, 0.15) is 11.5 Å². The second-order valence-electron chi connectivity index (χ2n) is 4.39. The summed E-state index contributed by atoms with van der Waals surface area (Å²) < 4.78 is 5.57. The van der Waals surface area contributed by atoms with Crippen LogP contribution in [0, 0.1) is 20.8 Å². The number of furan rings is 1. The van der Waals surface area contributed by atoms with Gasteiger partial charge in [-0.05, 0) is 33.3 Å². The maximum Gasteiger partial charge on any atom is 0.163 e. The fourth-order valence-electron chi connectivity index (χ4n) is 2.18. The molecule has 2 nitrogen and oxygen atoms in total. The molecule has 1 aromatic heterocycles. The summed E-state index contributed by atoms with van der Waals surface area (Å²) in [5.41, 5.74) is 3.87. The highest BCUT2D eigenvalue weighted by Crippen LogP contribution is 2.32. The first kappa shape index (κ1) is 11.6. The molecule has 0 amide bonds. The van der Waals surface area contributed by atoms with Crippen LogP contribution in [-0.2, 0) is 0 Å². The molecule has 0 aliphatic heterocycles. The standard InChI is InChI=1S/C15H16O2/c1-9-5-7-13(8-6-9)15-12(4)17-11(3)14(15)10(2)16/h5-8H,1-4H3. The molecule has 0 aliphatic carbocycles. The van der Waals surface area contributed by atoms with Gasteiger partial charge in [0.2, 0.25) is 0 Å². The summed E-state index contributed by atoms with van der Waals surface area (Å²) in [6, 6.07) is 8.14. The summed E-state index contributed by atoms with van der Waals surface area (Å²) in [6.45, 7) is 7.36. The van der Waals surface area contributed by atoms with Gasteiger partial charge in [-0.15, -0.1) is 0 Å². The first-order chi connectivity index (χ1) is 8.00. The van der Waals surface area contributed by atoms with Crippen molar-refractivity contribution in [3.63, 3.8) is 0 Å². The largest absolute Gasteiger partial charge is 0.465 e. The van der Waals surface area contributed by atoms with Crippen molar-refractivity contribution in [1.29, 1.82) is 0 Å². The predicted octanol–water partition coefficient (Wildman–Crippen LogP) is 4.07. The van der Waals surface area contributed by atoms with Gasteiger partial charge in [-0.3, -0.25) is 4.79 Å². The fourth-order valence-corrected chi connectivity index (χ4v) is 2.18. The van der Waals surface area contributed by atoms with Gasteiger partial charge in [0, 0.05) is 5.56 Å². The molecule has 0 unspecified atom stereocenters. The van der Waals surface area contributed by atoms with E-state index in [4.69, 9.17) is 4.42 Å². The van der Waals surface area contributed by atoms with Crippen molar-refractivity contribution in [1.82, 2.24) is 0 Å². The number of rotatable bonds is 2. The highest BCUT2D eigenvalue weighted by Gasteiger charge is 2.19. The Bertz CT molecular complexity index is 559. The Hall–Kier alpha value is -1.83. The molecule has 0 saturated carbocycles. The van der Waals surface area contributed by atoms with Gasteiger partial charge in [-0.1, -0.05) is 29.8 Å². The molecule has 88 valence electrons. The van der Waals surface area contributed by atoms with E-state index in [0.29, 0.717) is 11.3 Å². The first-order valence-electron chi connectivity index (χ1n) is 5.68. The zero-order valence-electron chi connectivity index (χ0n) is 10.6. The molecule has 0 saturated heterocycles. The van der Waals surface area contributed by atoms with Crippen LogP contribution >= 0.6 is 0 Å². The number of Topliss-reactive ketones (excluding diaryl/α,β-unsaturated/α-hetero) is 1. The number of carbonyl (C=O) groups is 1. The smallest absolute Gasteiger partial charge is 0.163 e. The van der Waals surface area contributed by atoms with Crippen LogP contribution in [-0.4, -0.2) is 5.78 Å². The molecule has 0 N–H and O–H groups in total. The Morgan fingerprint density at radius 3 is 2.12 bits per heavy atom. The van der Waals surface area contributed by atoms with E-state index in [-0.39, 0.29) is 5.78 Å². The maximum atomic E-state index is 11.7. The normalized spacial score (nSPS) is 10.6. The summed E-state index contributed by atoms with van der Waals surface area (Å²) in [5, 5.41) is 0. The van der Waals surface area contributed by atoms with Crippen molar-refractivity contribution >= 4 is 5.78 Å². The quantitative estimate of drug-likeness (QED) is 0.725. The number of aryl methyl sites for hydroxylation is 3. The number of carbonyl (C=O) groups excluding carboxylic acids is 1. The Morgan fingerprint density at radius 2 is 1.59 bits per heavy atom. The lowest BCUT2D eigenvalue weighted by Crippen LogP contribution is -1.95. The lowest BCUT2D eigenvalue weighted by molar-refractivity contribution is 0.101. The molecule has 2 rings (SSSR count). The zero-order valence-corrected chi connectivity index (χ0v) is 10.6. The van der Waals surface area contributed by atoms with Gasteiger partial charge in [0.25, 0.3) is 0 Å². The van der Waals surface area contributed by atoms with Crippen LogP contribution in [0.25, 0.3) is 11.1 Å². The zero-order chi connectivity index (χ0) is 12.6. The number of benzene rings is 1. The Morgan fingerprint density at radius 1 is 1.00 bits per heavy atom. The molecule has 1 aromatic carbocycles. The lowest BCUT2D eigenvalue weighted by Gasteiger charge is -2.03.